The molecule has 1 nitrogen and oxygen atoms in total. The van der Waals surface area contributed by atoms with E-state index in [1.54, 1.807) is 0 Å². The summed E-state index contributed by atoms with van der Waals surface area (Å²) in [4.78, 5) is 0. The van der Waals surface area contributed by atoms with Crippen molar-refractivity contribution >= 4 is 12.4 Å². The van der Waals surface area contributed by atoms with E-state index in [0.29, 0.717) is 10.8 Å². The van der Waals surface area contributed by atoms with Crippen LogP contribution in [-0.2, 0) is 0 Å². The van der Waals surface area contributed by atoms with Gasteiger partial charge in [0.15, 0.2) is 0 Å². The van der Waals surface area contributed by atoms with Crippen molar-refractivity contribution in [3.8, 4) is 0 Å². The molecule has 4 aliphatic rings. The molecule has 0 heterocycles. The molecule has 4 aliphatic carbocycles. The van der Waals surface area contributed by atoms with Crippen LogP contribution in [0.3, 0.4) is 0 Å². The van der Waals surface area contributed by atoms with E-state index in [1.165, 1.54) is 70.6 Å². The van der Waals surface area contributed by atoms with E-state index < -0.39 is 0 Å². The molecule has 4 fully saturated rings. The topological polar surface area (TPSA) is 26.0 Å². The molecule has 6 atom stereocenters. The van der Waals surface area contributed by atoms with Gasteiger partial charge in [-0.1, -0.05) is 26.2 Å². The van der Waals surface area contributed by atoms with Gasteiger partial charge < -0.3 is 5.73 Å². The highest BCUT2D eigenvalue weighted by molar-refractivity contribution is 5.85. The van der Waals surface area contributed by atoms with Crippen molar-refractivity contribution in [2.45, 2.75) is 77.6 Å². The van der Waals surface area contributed by atoms with E-state index in [2.05, 4.69) is 6.92 Å². The van der Waals surface area contributed by atoms with Gasteiger partial charge in [0.1, 0.15) is 0 Å². The summed E-state index contributed by atoms with van der Waals surface area (Å²) in [6.45, 7) is 3.65. The maximum absolute atomic E-state index is 6.27. The second-order valence-corrected chi connectivity index (χ2v) is 8.90. The molecule has 0 aromatic heterocycles. The Balaban J connectivity index is 0.00000132. The first-order chi connectivity index (χ1) is 9.70. The third-order valence-electron chi connectivity index (χ3n) is 8.52. The molecule has 0 aromatic rings. The van der Waals surface area contributed by atoms with Crippen LogP contribution in [0.15, 0.2) is 0 Å². The average molecular weight is 312 g/mol. The van der Waals surface area contributed by atoms with Crippen molar-refractivity contribution in [1.82, 2.24) is 0 Å². The summed E-state index contributed by atoms with van der Waals surface area (Å²) >= 11 is 0. The first kappa shape index (κ1) is 16.1. The van der Waals surface area contributed by atoms with Gasteiger partial charge in [-0.05, 0) is 92.4 Å². The van der Waals surface area contributed by atoms with Gasteiger partial charge in [0.25, 0.3) is 0 Å². The molecule has 122 valence electrons. The molecule has 0 radical (unpaired) electrons. The number of hydrogen-bond donors (Lipinski definition) is 1. The van der Waals surface area contributed by atoms with Crippen LogP contribution in [0, 0.1) is 34.5 Å². The highest BCUT2D eigenvalue weighted by Gasteiger charge is 2.57. The van der Waals surface area contributed by atoms with E-state index in [1.807, 2.05) is 0 Å². The van der Waals surface area contributed by atoms with Crippen LogP contribution in [0.1, 0.15) is 77.6 Å². The Labute approximate surface area is 137 Å². The maximum atomic E-state index is 6.27. The fraction of sp³-hybridized carbons (Fsp3) is 1.00. The highest BCUT2D eigenvalue weighted by atomic mass is 35.5. The Morgan fingerprint density at radius 1 is 0.857 bits per heavy atom. The minimum Gasteiger partial charge on any atom is -0.330 e. The lowest BCUT2D eigenvalue weighted by Crippen LogP contribution is -2.53. The van der Waals surface area contributed by atoms with E-state index >= 15 is 0 Å². The number of halogens is 1. The smallest absolute Gasteiger partial charge is 0.00178 e. The number of hydrogen-bond acceptors (Lipinski definition) is 1. The largest absolute Gasteiger partial charge is 0.330 e. The van der Waals surface area contributed by atoms with Crippen LogP contribution in [0.25, 0.3) is 0 Å². The lowest BCUT2D eigenvalue weighted by atomic mass is 9.45. The van der Waals surface area contributed by atoms with Gasteiger partial charge in [0.05, 0.1) is 0 Å². The standard InChI is InChI=1S/C19H33N.ClH/c1-18-10-3-2-5-14(18)7-8-15-16(18)9-12-19(13-20)11-4-6-17(15)19;/h14-17H,2-13,20H2,1H3;1H/t14-,15-,16+,17+,18+,19+;/m1./s1. The molecule has 2 N–H and O–H groups in total. The molecule has 0 amide bonds. The molecule has 21 heavy (non-hydrogen) atoms. The molecule has 0 bridgehead atoms. The van der Waals surface area contributed by atoms with Crippen LogP contribution in [0.4, 0.5) is 0 Å². The lowest BCUT2D eigenvalue weighted by molar-refractivity contribution is -0.105. The van der Waals surface area contributed by atoms with Gasteiger partial charge in [0, 0.05) is 0 Å². The minimum absolute atomic E-state index is 0. The van der Waals surface area contributed by atoms with Gasteiger partial charge in [-0.25, -0.2) is 0 Å². The second-order valence-electron chi connectivity index (χ2n) is 8.90. The summed E-state index contributed by atoms with van der Waals surface area (Å²) in [6.07, 6.45) is 16.5. The monoisotopic (exact) mass is 311 g/mol. The maximum Gasteiger partial charge on any atom is -0.00178 e. The fourth-order valence-electron chi connectivity index (χ4n) is 7.44. The summed E-state index contributed by atoms with van der Waals surface area (Å²) in [7, 11) is 0. The van der Waals surface area contributed by atoms with E-state index in [9.17, 15) is 0 Å². The van der Waals surface area contributed by atoms with Crippen LogP contribution < -0.4 is 5.73 Å². The third kappa shape index (κ3) is 2.21. The average Bonchev–Trinajstić information content (AvgIpc) is 2.91. The van der Waals surface area contributed by atoms with Crippen molar-refractivity contribution in [2.24, 2.45) is 40.2 Å². The summed E-state index contributed by atoms with van der Waals surface area (Å²) in [5, 5.41) is 0. The zero-order chi connectivity index (χ0) is 13.8. The SMILES string of the molecule is C[C@]12CCCC[C@@H]1CC[C@H]1[C@@H]3CCC[C@@]3(CN)CC[C@@H]12.Cl. The van der Waals surface area contributed by atoms with Gasteiger partial charge in [0.2, 0.25) is 0 Å². The van der Waals surface area contributed by atoms with E-state index in [4.69, 9.17) is 5.73 Å². The fourth-order valence-corrected chi connectivity index (χ4v) is 7.44. The molecule has 0 saturated heterocycles. The van der Waals surface area contributed by atoms with Crippen molar-refractivity contribution in [3.63, 3.8) is 0 Å². The first-order valence-electron chi connectivity index (χ1n) is 9.40. The predicted molar refractivity (Wildman–Crippen MR) is 91.6 cm³/mol. The van der Waals surface area contributed by atoms with Crippen LogP contribution in [0.5, 0.6) is 0 Å². The third-order valence-corrected chi connectivity index (χ3v) is 8.52. The Kier molecular flexibility index (Phi) is 4.38. The number of nitrogens with two attached hydrogens (primary N) is 1. The van der Waals surface area contributed by atoms with Gasteiger partial charge >= 0.3 is 0 Å². The zero-order valence-electron chi connectivity index (χ0n) is 13.8. The number of rotatable bonds is 1. The van der Waals surface area contributed by atoms with Crippen molar-refractivity contribution < 1.29 is 0 Å². The van der Waals surface area contributed by atoms with Crippen molar-refractivity contribution in [2.75, 3.05) is 6.54 Å². The van der Waals surface area contributed by atoms with Crippen LogP contribution in [-0.4, -0.2) is 6.54 Å². The summed E-state index contributed by atoms with van der Waals surface area (Å²) < 4.78 is 0. The highest BCUT2D eigenvalue weighted by Crippen LogP contribution is 2.65. The molecular formula is C19H34ClN. The van der Waals surface area contributed by atoms with Gasteiger partial charge in [-0.3, -0.25) is 0 Å². The van der Waals surface area contributed by atoms with Crippen LogP contribution >= 0.6 is 12.4 Å². The van der Waals surface area contributed by atoms with Crippen LogP contribution in [0.2, 0.25) is 0 Å². The van der Waals surface area contributed by atoms with Crippen molar-refractivity contribution in [3.05, 3.63) is 0 Å². The predicted octanol–water partition coefficient (Wildman–Crippen LogP) is 5.17. The first-order valence-corrected chi connectivity index (χ1v) is 9.40. The lowest BCUT2D eigenvalue weighted by Gasteiger charge is -2.60. The summed E-state index contributed by atoms with van der Waals surface area (Å²) in [6, 6.07) is 0. The van der Waals surface area contributed by atoms with E-state index in [0.717, 1.165) is 30.2 Å². The second kappa shape index (κ2) is 5.71. The molecule has 2 heteroatoms. The van der Waals surface area contributed by atoms with Gasteiger partial charge in [-0.15, -0.1) is 12.4 Å². The number of fused-ring (bicyclic) bond motifs is 5. The molecule has 0 aliphatic heterocycles. The molecular weight excluding hydrogens is 278 g/mol. The molecule has 0 aromatic carbocycles. The Bertz CT molecular complexity index is 384. The van der Waals surface area contributed by atoms with E-state index in [-0.39, 0.29) is 12.4 Å². The molecule has 0 spiro atoms. The summed E-state index contributed by atoms with van der Waals surface area (Å²) in [5.74, 6) is 4.13. The minimum atomic E-state index is 0. The molecule has 4 saturated carbocycles. The Hall–Kier alpha value is 0.250. The Morgan fingerprint density at radius 2 is 1.71 bits per heavy atom. The summed E-state index contributed by atoms with van der Waals surface area (Å²) in [5.41, 5.74) is 7.53. The zero-order valence-corrected chi connectivity index (χ0v) is 14.6. The van der Waals surface area contributed by atoms with Gasteiger partial charge in [-0.2, -0.15) is 0 Å². The quantitative estimate of drug-likeness (QED) is 0.710. The van der Waals surface area contributed by atoms with Crippen molar-refractivity contribution in [1.29, 1.82) is 0 Å². The molecule has 4 rings (SSSR count). The molecule has 0 unspecified atom stereocenters. The Morgan fingerprint density at radius 3 is 2.52 bits per heavy atom. The normalized spacial score (nSPS) is 52.3.